The molecule has 88 valence electrons. The van der Waals surface area contributed by atoms with E-state index in [-0.39, 0.29) is 11.0 Å². The van der Waals surface area contributed by atoms with E-state index in [4.69, 9.17) is 23.2 Å². The molecule has 16 heavy (non-hydrogen) atoms. The molecule has 0 saturated carbocycles. The van der Waals surface area contributed by atoms with E-state index < -0.39 is 0 Å². The zero-order valence-corrected chi connectivity index (χ0v) is 11.8. The largest absolute Gasteiger partial charge is 0.293 e. The number of benzene rings is 1. The van der Waals surface area contributed by atoms with Crippen LogP contribution in [0.25, 0.3) is 0 Å². The van der Waals surface area contributed by atoms with Gasteiger partial charge in [-0.15, -0.1) is 11.8 Å². The van der Waals surface area contributed by atoms with E-state index >= 15 is 0 Å². The lowest BCUT2D eigenvalue weighted by Gasteiger charge is -2.13. The van der Waals surface area contributed by atoms with E-state index in [1.807, 2.05) is 6.92 Å². The van der Waals surface area contributed by atoms with Crippen molar-refractivity contribution in [3.63, 3.8) is 0 Å². The lowest BCUT2D eigenvalue weighted by atomic mass is 10.1. The van der Waals surface area contributed by atoms with E-state index in [1.165, 1.54) is 0 Å². The number of Topliss-reactive ketones (excluding diaryl/α,β-unsaturated/α-hetero) is 1. The van der Waals surface area contributed by atoms with Crippen molar-refractivity contribution in [2.24, 2.45) is 0 Å². The normalized spacial score (nSPS) is 12.9. The fourth-order valence-electron chi connectivity index (χ4n) is 1.38. The van der Waals surface area contributed by atoms with Crippen molar-refractivity contribution in [3.8, 4) is 0 Å². The molecule has 0 saturated heterocycles. The van der Waals surface area contributed by atoms with Crippen LogP contribution in [0.15, 0.2) is 18.2 Å². The van der Waals surface area contributed by atoms with Gasteiger partial charge in [-0.1, -0.05) is 37.0 Å². The highest BCUT2D eigenvalue weighted by Gasteiger charge is 2.19. The van der Waals surface area contributed by atoms with Crippen molar-refractivity contribution in [1.82, 2.24) is 0 Å². The molecule has 0 spiro atoms. The van der Waals surface area contributed by atoms with Crippen LogP contribution in [0.3, 0.4) is 0 Å². The Kier molecular flexibility index (Phi) is 5.16. The minimum absolute atomic E-state index is 0.0559. The zero-order chi connectivity index (χ0) is 12.3. The summed E-state index contributed by atoms with van der Waals surface area (Å²) in [7, 11) is 0. The number of ketones is 1. The molecule has 0 radical (unpaired) electrons. The Morgan fingerprint density at radius 1 is 1.25 bits per heavy atom. The Morgan fingerprint density at radius 3 is 2.38 bits per heavy atom. The smallest absolute Gasteiger partial charge is 0.177 e. The number of hydrogen-bond donors (Lipinski definition) is 0. The maximum absolute atomic E-state index is 12.1. The van der Waals surface area contributed by atoms with Gasteiger partial charge in [0.15, 0.2) is 5.78 Å². The summed E-state index contributed by atoms with van der Waals surface area (Å²) >= 11 is 13.4. The number of hydrogen-bond acceptors (Lipinski definition) is 2. The van der Waals surface area contributed by atoms with Crippen LogP contribution in [-0.2, 0) is 0 Å². The average molecular weight is 277 g/mol. The molecule has 0 fully saturated rings. The number of carbonyl (C=O) groups is 1. The number of halogens is 2. The topological polar surface area (TPSA) is 17.1 Å². The molecule has 1 rings (SSSR count). The Labute approximate surface area is 111 Å². The summed E-state index contributed by atoms with van der Waals surface area (Å²) in [6.45, 7) is 6.04. The van der Waals surface area contributed by atoms with Crippen molar-refractivity contribution in [2.45, 2.75) is 31.3 Å². The second-order valence-electron chi connectivity index (χ2n) is 3.82. The van der Waals surface area contributed by atoms with Gasteiger partial charge in [0.05, 0.1) is 10.3 Å². The molecule has 0 aliphatic rings. The van der Waals surface area contributed by atoms with Gasteiger partial charge in [0, 0.05) is 10.6 Å². The lowest BCUT2D eigenvalue weighted by Crippen LogP contribution is -2.16. The summed E-state index contributed by atoms with van der Waals surface area (Å²) in [4.78, 5) is 12.1. The summed E-state index contributed by atoms with van der Waals surface area (Å²) in [6.07, 6.45) is 0. The average Bonchev–Trinajstić information content (AvgIpc) is 2.15. The molecular formula is C12H14Cl2OS. The van der Waals surface area contributed by atoms with Gasteiger partial charge in [-0.05, 0) is 30.4 Å². The van der Waals surface area contributed by atoms with Crippen LogP contribution in [0.2, 0.25) is 10.0 Å². The standard InChI is InChI=1S/C12H14Cl2OS/c1-7(2)16-8(3)12(15)10-5-4-9(13)6-11(10)14/h4-8H,1-3H3. The number of rotatable bonds is 4. The fourth-order valence-corrected chi connectivity index (χ4v) is 2.95. The highest BCUT2D eigenvalue weighted by Crippen LogP contribution is 2.26. The van der Waals surface area contributed by atoms with Crippen LogP contribution >= 0.6 is 35.0 Å². The molecule has 0 aliphatic carbocycles. The molecule has 1 atom stereocenters. The fraction of sp³-hybridized carbons (Fsp3) is 0.417. The first-order valence-electron chi connectivity index (χ1n) is 5.06. The van der Waals surface area contributed by atoms with Gasteiger partial charge in [-0.25, -0.2) is 0 Å². The first-order chi connectivity index (χ1) is 7.41. The third-order valence-electron chi connectivity index (χ3n) is 2.04. The molecule has 0 aliphatic heterocycles. The van der Waals surface area contributed by atoms with Crippen LogP contribution in [0.4, 0.5) is 0 Å². The molecule has 0 bridgehead atoms. The van der Waals surface area contributed by atoms with Crippen LogP contribution in [0.5, 0.6) is 0 Å². The van der Waals surface area contributed by atoms with E-state index in [0.29, 0.717) is 20.9 Å². The Bertz CT molecular complexity index is 391. The third kappa shape index (κ3) is 3.69. The molecule has 0 aromatic heterocycles. The van der Waals surface area contributed by atoms with Crippen molar-refractivity contribution in [2.75, 3.05) is 0 Å². The van der Waals surface area contributed by atoms with Crippen molar-refractivity contribution in [1.29, 1.82) is 0 Å². The first kappa shape index (κ1) is 13.9. The van der Waals surface area contributed by atoms with Gasteiger partial charge in [-0.2, -0.15) is 0 Å². The second-order valence-corrected chi connectivity index (χ2v) is 6.58. The van der Waals surface area contributed by atoms with E-state index in [0.717, 1.165) is 0 Å². The highest BCUT2D eigenvalue weighted by atomic mass is 35.5. The molecular weight excluding hydrogens is 263 g/mol. The van der Waals surface area contributed by atoms with Crippen LogP contribution < -0.4 is 0 Å². The third-order valence-corrected chi connectivity index (χ3v) is 3.76. The van der Waals surface area contributed by atoms with Crippen LogP contribution in [0, 0.1) is 0 Å². The van der Waals surface area contributed by atoms with E-state index in [1.54, 1.807) is 30.0 Å². The molecule has 0 amide bonds. The van der Waals surface area contributed by atoms with Crippen LogP contribution in [-0.4, -0.2) is 16.3 Å². The van der Waals surface area contributed by atoms with Gasteiger partial charge < -0.3 is 0 Å². The molecule has 0 heterocycles. The summed E-state index contributed by atoms with van der Waals surface area (Å²) in [6, 6.07) is 4.97. The second kappa shape index (κ2) is 5.95. The van der Waals surface area contributed by atoms with Gasteiger partial charge in [0.25, 0.3) is 0 Å². The molecule has 1 aromatic carbocycles. The molecule has 1 nitrogen and oxygen atoms in total. The summed E-state index contributed by atoms with van der Waals surface area (Å²) in [5.74, 6) is 0.0559. The number of carbonyl (C=O) groups excluding carboxylic acids is 1. The molecule has 0 N–H and O–H groups in total. The molecule has 1 aromatic rings. The molecule has 1 unspecified atom stereocenters. The minimum Gasteiger partial charge on any atom is -0.293 e. The quantitative estimate of drug-likeness (QED) is 0.741. The molecule has 4 heteroatoms. The summed E-state index contributed by atoms with van der Waals surface area (Å²) in [5, 5.41) is 1.31. The minimum atomic E-state index is -0.0846. The van der Waals surface area contributed by atoms with Gasteiger partial charge in [0.1, 0.15) is 0 Å². The predicted molar refractivity (Wildman–Crippen MR) is 73.0 cm³/mol. The van der Waals surface area contributed by atoms with E-state index in [2.05, 4.69) is 13.8 Å². The van der Waals surface area contributed by atoms with Crippen molar-refractivity contribution in [3.05, 3.63) is 33.8 Å². The summed E-state index contributed by atoms with van der Waals surface area (Å²) < 4.78 is 0. The zero-order valence-electron chi connectivity index (χ0n) is 9.46. The highest BCUT2D eigenvalue weighted by molar-refractivity contribution is 8.01. The van der Waals surface area contributed by atoms with E-state index in [9.17, 15) is 4.79 Å². The Hall–Kier alpha value is -0.180. The lowest BCUT2D eigenvalue weighted by molar-refractivity contribution is 0.0994. The van der Waals surface area contributed by atoms with Gasteiger partial charge >= 0.3 is 0 Å². The van der Waals surface area contributed by atoms with Gasteiger partial charge in [-0.3, -0.25) is 4.79 Å². The monoisotopic (exact) mass is 276 g/mol. The predicted octanol–water partition coefficient (Wildman–Crippen LogP) is 4.71. The maximum atomic E-state index is 12.1. The first-order valence-corrected chi connectivity index (χ1v) is 6.76. The Balaban J connectivity index is 2.88. The van der Waals surface area contributed by atoms with Crippen LogP contribution in [0.1, 0.15) is 31.1 Å². The van der Waals surface area contributed by atoms with Gasteiger partial charge in [0.2, 0.25) is 0 Å². The summed E-state index contributed by atoms with van der Waals surface area (Å²) in [5.41, 5.74) is 0.548. The maximum Gasteiger partial charge on any atom is 0.177 e. The SMILES string of the molecule is CC(C)SC(C)C(=O)c1ccc(Cl)cc1Cl. The van der Waals surface area contributed by atoms with Crippen molar-refractivity contribution >= 4 is 40.7 Å². The number of thioether (sulfide) groups is 1. The van der Waals surface area contributed by atoms with Crippen molar-refractivity contribution < 1.29 is 4.79 Å². The Morgan fingerprint density at radius 2 is 1.88 bits per heavy atom.